The first-order valence-corrected chi connectivity index (χ1v) is 7.00. The number of fused-ring (bicyclic) bond motifs is 2. The number of hydrogen-bond acceptors (Lipinski definition) is 1. The van der Waals surface area contributed by atoms with Gasteiger partial charge in [0, 0.05) is 0 Å². The first-order chi connectivity index (χ1) is 7.32. The van der Waals surface area contributed by atoms with E-state index >= 15 is 0 Å². The highest BCUT2D eigenvalue weighted by molar-refractivity contribution is 5.02. The van der Waals surface area contributed by atoms with Crippen LogP contribution in [0, 0.1) is 17.3 Å². The lowest BCUT2D eigenvalue weighted by Crippen LogP contribution is -2.32. The SMILES string of the molecule is O[C@H]1CC2(CCCCC2)[C@@H]2CCCC[C@@H]21. The average Bonchev–Trinajstić information content (AvgIpc) is 2.55. The second-order valence-electron chi connectivity index (χ2n) is 6.25. The summed E-state index contributed by atoms with van der Waals surface area (Å²) in [5.41, 5.74) is 0.586. The van der Waals surface area contributed by atoms with Gasteiger partial charge in [0.25, 0.3) is 0 Å². The van der Waals surface area contributed by atoms with Gasteiger partial charge in [-0.3, -0.25) is 0 Å². The summed E-state index contributed by atoms with van der Waals surface area (Å²) in [7, 11) is 0. The van der Waals surface area contributed by atoms with Crippen molar-refractivity contribution >= 4 is 0 Å². The molecule has 1 spiro atoms. The molecule has 1 N–H and O–H groups in total. The summed E-state index contributed by atoms with van der Waals surface area (Å²) in [4.78, 5) is 0. The molecule has 3 fully saturated rings. The molecule has 0 aromatic rings. The molecule has 3 aliphatic carbocycles. The van der Waals surface area contributed by atoms with Gasteiger partial charge >= 0.3 is 0 Å². The molecule has 0 aromatic carbocycles. The Morgan fingerprint density at radius 2 is 1.60 bits per heavy atom. The van der Waals surface area contributed by atoms with Gasteiger partial charge in [0.15, 0.2) is 0 Å². The normalized spacial score (nSPS) is 44.2. The third-order valence-electron chi connectivity index (χ3n) is 5.57. The van der Waals surface area contributed by atoms with Crippen molar-refractivity contribution in [2.45, 2.75) is 70.3 Å². The van der Waals surface area contributed by atoms with E-state index in [1.54, 1.807) is 0 Å². The minimum absolute atomic E-state index is 0.0494. The van der Waals surface area contributed by atoms with Gasteiger partial charge in [-0.2, -0.15) is 0 Å². The molecule has 3 aliphatic rings. The number of rotatable bonds is 0. The Morgan fingerprint density at radius 3 is 2.40 bits per heavy atom. The smallest absolute Gasteiger partial charge is 0.0576 e. The summed E-state index contributed by atoms with van der Waals surface area (Å²) in [6.45, 7) is 0. The maximum absolute atomic E-state index is 10.2. The van der Waals surface area contributed by atoms with Crippen molar-refractivity contribution in [3.05, 3.63) is 0 Å². The highest BCUT2D eigenvalue weighted by Gasteiger charge is 2.52. The standard InChI is InChI=1S/C14H24O/c15-13-10-14(8-4-1-5-9-14)12-7-3-2-6-11(12)13/h11-13,15H,1-10H2/t11-,12+,13-/m0/s1. The van der Waals surface area contributed by atoms with Crippen LogP contribution in [0.15, 0.2) is 0 Å². The first-order valence-electron chi connectivity index (χ1n) is 7.00. The third kappa shape index (κ3) is 1.54. The molecule has 0 aromatic heterocycles. The van der Waals surface area contributed by atoms with Crippen LogP contribution in [-0.2, 0) is 0 Å². The quantitative estimate of drug-likeness (QED) is 0.646. The van der Waals surface area contributed by atoms with Crippen LogP contribution in [0.1, 0.15) is 64.2 Å². The van der Waals surface area contributed by atoms with Crippen LogP contribution < -0.4 is 0 Å². The van der Waals surface area contributed by atoms with Gasteiger partial charge in [-0.15, -0.1) is 0 Å². The zero-order valence-corrected chi connectivity index (χ0v) is 9.75. The fraction of sp³-hybridized carbons (Fsp3) is 1.00. The van der Waals surface area contributed by atoms with Crippen LogP contribution in [0.4, 0.5) is 0 Å². The van der Waals surface area contributed by atoms with Crippen LogP contribution >= 0.6 is 0 Å². The summed E-state index contributed by atoms with van der Waals surface area (Å²) >= 11 is 0. The van der Waals surface area contributed by atoms with Crippen molar-refractivity contribution in [2.24, 2.45) is 17.3 Å². The molecule has 1 heteroatoms. The van der Waals surface area contributed by atoms with E-state index in [9.17, 15) is 5.11 Å². The predicted octanol–water partition coefficient (Wildman–Crippen LogP) is 3.51. The summed E-state index contributed by atoms with van der Waals surface area (Å²) in [5.74, 6) is 1.57. The Labute approximate surface area is 93.3 Å². The zero-order chi connectivity index (χ0) is 10.3. The molecule has 1 nitrogen and oxygen atoms in total. The van der Waals surface area contributed by atoms with Gasteiger partial charge in [0.2, 0.25) is 0 Å². The fourth-order valence-electron chi connectivity index (χ4n) is 4.93. The Morgan fingerprint density at radius 1 is 0.867 bits per heavy atom. The van der Waals surface area contributed by atoms with Crippen LogP contribution in [0.25, 0.3) is 0 Å². The number of aliphatic hydroxyl groups excluding tert-OH is 1. The number of hydrogen-bond donors (Lipinski definition) is 1. The van der Waals surface area contributed by atoms with Crippen molar-refractivity contribution in [3.8, 4) is 0 Å². The maximum atomic E-state index is 10.2. The van der Waals surface area contributed by atoms with Gasteiger partial charge in [-0.05, 0) is 49.4 Å². The minimum Gasteiger partial charge on any atom is -0.393 e. The molecule has 0 bridgehead atoms. The highest BCUT2D eigenvalue weighted by atomic mass is 16.3. The van der Waals surface area contributed by atoms with Crippen LogP contribution in [-0.4, -0.2) is 11.2 Å². The molecule has 0 heterocycles. The predicted molar refractivity (Wildman–Crippen MR) is 61.6 cm³/mol. The van der Waals surface area contributed by atoms with Crippen molar-refractivity contribution in [2.75, 3.05) is 0 Å². The van der Waals surface area contributed by atoms with Crippen molar-refractivity contribution in [1.82, 2.24) is 0 Å². The topological polar surface area (TPSA) is 20.2 Å². The molecular formula is C14H24O. The molecule has 0 aliphatic heterocycles. The molecule has 0 radical (unpaired) electrons. The lowest BCUT2D eigenvalue weighted by molar-refractivity contribution is 0.0744. The van der Waals surface area contributed by atoms with Gasteiger partial charge in [0.05, 0.1) is 6.10 Å². The molecule has 3 saturated carbocycles. The van der Waals surface area contributed by atoms with E-state index in [1.807, 2.05) is 0 Å². The van der Waals surface area contributed by atoms with Crippen molar-refractivity contribution in [3.63, 3.8) is 0 Å². The van der Waals surface area contributed by atoms with E-state index < -0.39 is 0 Å². The van der Waals surface area contributed by atoms with Gasteiger partial charge in [-0.25, -0.2) is 0 Å². The van der Waals surface area contributed by atoms with E-state index in [1.165, 1.54) is 57.8 Å². The molecular weight excluding hydrogens is 184 g/mol. The van der Waals surface area contributed by atoms with E-state index in [-0.39, 0.29) is 6.10 Å². The average molecular weight is 208 g/mol. The third-order valence-corrected chi connectivity index (χ3v) is 5.57. The number of aliphatic hydroxyl groups is 1. The monoisotopic (exact) mass is 208 g/mol. The fourth-order valence-corrected chi connectivity index (χ4v) is 4.93. The maximum Gasteiger partial charge on any atom is 0.0576 e. The Hall–Kier alpha value is -0.0400. The van der Waals surface area contributed by atoms with Gasteiger partial charge in [0.1, 0.15) is 0 Å². The van der Waals surface area contributed by atoms with Crippen molar-refractivity contribution in [1.29, 1.82) is 0 Å². The van der Waals surface area contributed by atoms with E-state index in [0.29, 0.717) is 11.3 Å². The first kappa shape index (κ1) is 10.1. The molecule has 0 saturated heterocycles. The van der Waals surface area contributed by atoms with E-state index in [0.717, 1.165) is 12.3 Å². The van der Waals surface area contributed by atoms with Crippen LogP contribution in [0.5, 0.6) is 0 Å². The molecule has 86 valence electrons. The second-order valence-corrected chi connectivity index (χ2v) is 6.25. The lowest BCUT2D eigenvalue weighted by Gasteiger charge is -2.42. The zero-order valence-electron chi connectivity index (χ0n) is 9.75. The summed E-state index contributed by atoms with van der Waals surface area (Å²) in [5, 5.41) is 10.2. The van der Waals surface area contributed by atoms with E-state index in [4.69, 9.17) is 0 Å². The van der Waals surface area contributed by atoms with Crippen LogP contribution in [0.3, 0.4) is 0 Å². The Bertz CT molecular complexity index is 229. The molecule has 0 amide bonds. The summed E-state index contributed by atoms with van der Waals surface area (Å²) in [6.07, 6.45) is 13.9. The summed E-state index contributed by atoms with van der Waals surface area (Å²) in [6, 6.07) is 0. The Kier molecular flexibility index (Phi) is 2.54. The molecule has 3 rings (SSSR count). The summed E-state index contributed by atoms with van der Waals surface area (Å²) < 4.78 is 0. The van der Waals surface area contributed by atoms with Gasteiger partial charge in [-0.1, -0.05) is 32.1 Å². The molecule has 0 unspecified atom stereocenters. The minimum atomic E-state index is 0.0494. The van der Waals surface area contributed by atoms with Crippen molar-refractivity contribution < 1.29 is 5.11 Å². The molecule has 3 atom stereocenters. The lowest BCUT2D eigenvalue weighted by atomic mass is 9.63. The second kappa shape index (κ2) is 3.76. The highest BCUT2D eigenvalue weighted by Crippen LogP contribution is 2.59. The molecule has 15 heavy (non-hydrogen) atoms. The Balaban J connectivity index is 1.83. The largest absolute Gasteiger partial charge is 0.393 e. The van der Waals surface area contributed by atoms with Crippen LogP contribution in [0.2, 0.25) is 0 Å². The van der Waals surface area contributed by atoms with Gasteiger partial charge < -0.3 is 5.11 Å². The van der Waals surface area contributed by atoms with E-state index in [2.05, 4.69) is 0 Å².